The Bertz CT molecular complexity index is 927. The number of aliphatic hydroxyl groups is 5. The number of esters is 1. The van der Waals surface area contributed by atoms with Crippen molar-refractivity contribution in [3.63, 3.8) is 0 Å². The molecule has 164 valence electrons. The molecule has 0 aromatic heterocycles. The number of ketones is 1. The Morgan fingerprint density at radius 3 is 2.37 bits per heavy atom. The molecule has 0 amide bonds. The molecule has 11 atom stereocenters. The summed E-state index contributed by atoms with van der Waals surface area (Å²) < 4.78 is 17.0. The highest BCUT2D eigenvalue weighted by molar-refractivity contribution is 5.96. The van der Waals surface area contributed by atoms with E-state index in [0.29, 0.717) is 5.57 Å². The smallest absolute Gasteiger partial charge is 0.338 e. The molecule has 6 rings (SSSR count). The van der Waals surface area contributed by atoms with Crippen molar-refractivity contribution >= 4 is 11.8 Å². The van der Waals surface area contributed by atoms with Crippen molar-refractivity contribution in [2.24, 2.45) is 17.3 Å². The first kappa shape index (κ1) is 19.3. The molecular weight excluding hydrogens is 400 g/mol. The van der Waals surface area contributed by atoms with Crippen LogP contribution in [0.25, 0.3) is 0 Å². The fraction of sp³-hybridized carbons (Fsp3) is 0.800. The standard InChI is InChI=1S/C20H24O10/c1-7-3-9(21)11(22)16(2)8(7)4-10-19-14(16)17(26,5-29-19)15(25)18(6-28-18)20(19,27)12(23)13(24)30-10/h3,8,10-12,14-15,22-23,25-27H,4-6H2,1-2H3. The largest absolute Gasteiger partial charge is 0.457 e. The Morgan fingerprint density at radius 2 is 1.73 bits per heavy atom. The van der Waals surface area contributed by atoms with Crippen LogP contribution < -0.4 is 0 Å². The summed E-state index contributed by atoms with van der Waals surface area (Å²) in [6, 6.07) is 0. The van der Waals surface area contributed by atoms with Crippen LogP contribution in [-0.4, -0.2) is 97.3 Å². The van der Waals surface area contributed by atoms with E-state index in [1.54, 1.807) is 13.8 Å². The molecule has 5 N–H and O–H groups in total. The van der Waals surface area contributed by atoms with Crippen LogP contribution in [0.1, 0.15) is 20.3 Å². The van der Waals surface area contributed by atoms with Gasteiger partial charge < -0.3 is 39.7 Å². The highest BCUT2D eigenvalue weighted by Crippen LogP contribution is 2.74. The number of rotatable bonds is 0. The molecule has 0 radical (unpaired) electrons. The van der Waals surface area contributed by atoms with E-state index in [2.05, 4.69) is 0 Å². The molecule has 10 nitrogen and oxygen atoms in total. The lowest BCUT2D eigenvalue weighted by Crippen LogP contribution is -2.90. The topological polar surface area (TPSA) is 166 Å². The van der Waals surface area contributed by atoms with Gasteiger partial charge in [0.1, 0.15) is 29.5 Å². The lowest BCUT2D eigenvalue weighted by atomic mass is 9.38. The summed E-state index contributed by atoms with van der Waals surface area (Å²) in [5.41, 5.74) is -8.91. The van der Waals surface area contributed by atoms with Gasteiger partial charge in [-0.05, 0) is 25.3 Å². The average Bonchev–Trinajstić information content (AvgIpc) is 3.44. The number of fused-ring (bicyclic) bond motifs is 2. The number of allylic oxidation sites excluding steroid dienone is 1. The zero-order valence-corrected chi connectivity index (χ0v) is 16.4. The van der Waals surface area contributed by atoms with Crippen molar-refractivity contribution in [1.29, 1.82) is 0 Å². The summed E-state index contributed by atoms with van der Waals surface area (Å²) in [5.74, 6) is -3.37. The van der Waals surface area contributed by atoms with Crippen LogP contribution in [-0.2, 0) is 23.8 Å². The van der Waals surface area contributed by atoms with Gasteiger partial charge in [-0.3, -0.25) is 4.79 Å². The Labute approximate surface area is 171 Å². The van der Waals surface area contributed by atoms with Crippen molar-refractivity contribution in [1.82, 2.24) is 0 Å². The van der Waals surface area contributed by atoms with E-state index in [-0.39, 0.29) is 13.0 Å². The molecule has 10 heteroatoms. The first-order valence-electron chi connectivity index (χ1n) is 10.1. The number of aliphatic hydroxyl groups excluding tert-OH is 3. The van der Waals surface area contributed by atoms with E-state index < -0.39 is 82.4 Å². The zero-order chi connectivity index (χ0) is 21.6. The minimum absolute atomic E-state index is 0.0999. The van der Waals surface area contributed by atoms with Gasteiger partial charge in [-0.25, -0.2) is 4.79 Å². The third-order valence-electron chi connectivity index (χ3n) is 9.04. The van der Waals surface area contributed by atoms with E-state index in [4.69, 9.17) is 14.2 Å². The Kier molecular flexibility index (Phi) is 3.21. The van der Waals surface area contributed by atoms with Gasteiger partial charge >= 0.3 is 5.97 Å². The van der Waals surface area contributed by atoms with Crippen molar-refractivity contribution in [2.75, 3.05) is 13.2 Å². The second-order valence-electron chi connectivity index (χ2n) is 10.0. The van der Waals surface area contributed by atoms with Crippen molar-refractivity contribution in [3.05, 3.63) is 11.6 Å². The predicted molar refractivity (Wildman–Crippen MR) is 93.6 cm³/mol. The highest BCUT2D eigenvalue weighted by atomic mass is 16.7. The molecule has 6 aliphatic rings. The summed E-state index contributed by atoms with van der Waals surface area (Å²) in [7, 11) is 0. The minimum Gasteiger partial charge on any atom is -0.457 e. The number of hydrogen-bond acceptors (Lipinski definition) is 10. The quantitative estimate of drug-likeness (QED) is 0.202. The van der Waals surface area contributed by atoms with E-state index in [1.165, 1.54) is 6.08 Å². The molecule has 3 aliphatic carbocycles. The minimum atomic E-state index is -2.45. The van der Waals surface area contributed by atoms with E-state index in [0.717, 1.165) is 0 Å². The fourth-order valence-corrected chi connectivity index (χ4v) is 7.80. The van der Waals surface area contributed by atoms with Crippen LogP contribution in [0.5, 0.6) is 0 Å². The van der Waals surface area contributed by atoms with Gasteiger partial charge in [0.25, 0.3) is 0 Å². The van der Waals surface area contributed by atoms with Crippen LogP contribution in [0.4, 0.5) is 0 Å². The van der Waals surface area contributed by atoms with Crippen molar-refractivity contribution in [2.45, 2.75) is 67.1 Å². The molecule has 2 bridgehead atoms. The maximum absolute atomic E-state index is 12.6. The Hall–Kier alpha value is -1.40. The third kappa shape index (κ3) is 1.53. The van der Waals surface area contributed by atoms with Crippen LogP contribution in [0, 0.1) is 17.3 Å². The summed E-state index contributed by atoms with van der Waals surface area (Å²) >= 11 is 0. The monoisotopic (exact) mass is 424 g/mol. The second kappa shape index (κ2) is 4.98. The van der Waals surface area contributed by atoms with Gasteiger partial charge in [-0.15, -0.1) is 0 Å². The van der Waals surface area contributed by atoms with Gasteiger partial charge in [0.2, 0.25) is 0 Å². The fourth-order valence-electron chi connectivity index (χ4n) is 7.80. The average molecular weight is 424 g/mol. The zero-order valence-electron chi connectivity index (χ0n) is 16.4. The van der Waals surface area contributed by atoms with Gasteiger partial charge in [0.05, 0.1) is 13.2 Å². The summed E-state index contributed by atoms with van der Waals surface area (Å²) in [6.45, 7) is 2.68. The number of carbonyl (C=O) groups excluding carboxylic acids is 2. The normalized spacial score (nSPS) is 63.1. The van der Waals surface area contributed by atoms with Crippen LogP contribution in [0.15, 0.2) is 11.6 Å². The first-order valence-corrected chi connectivity index (χ1v) is 10.1. The summed E-state index contributed by atoms with van der Waals surface area (Å²) in [6.07, 6.45) is -5.05. The van der Waals surface area contributed by atoms with Gasteiger partial charge in [-0.1, -0.05) is 12.5 Å². The van der Waals surface area contributed by atoms with E-state index in [9.17, 15) is 35.1 Å². The third-order valence-corrected chi connectivity index (χ3v) is 9.04. The van der Waals surface area contributed by atoms with Gasteiger partial charge in [0, 0.05) is 11.3 Å². The summed E-state index contributed by atoms with van der Waals surface area (Å²) in [4.78, 5) is 25.2. The number of carbonyl (C=O) groups is 2. The predicted octanol–water partition coefficient (Wildman–Crippen LogP) is -2.82. The SMILES string of the molecule is CC1=CC(=O)C(O)C2(C)C1CC1OC(=O)C(O)C3(O)C4(CO4)C(O)C4(O)COC13C42. The Balaban J connectivity index is 1.68. The number of epoxide rings is 1. The Morgan fingerprint density at radius 1 is 1.07 bits per heavy atom. The first-order chi connectivity index (χ1) is 13.9. The highest BCUT2D eigenvalue weighted by Gasteiger charge is 2.95. The van der Waals surface area contributed by atoms with E-state index in [1.807, 2.05) is 0 Å². The van der Waals surface area contributed by atoms with Crippen molar-refractivity contribution < 1.29 is 49.3 Å². The van der Waals surface area contributed by atoms with Gasteiger partial charge in [-0.2, -0.15) is 0 Å². The lowest BCUT2D eigenvalue weighted by Gasteiger charge is -2.69. The molecule has 3 saturated heterocycles. The molecule has 0 aromatic carbocycles. The molecular formula is C20H24O10. The van der Waals surface area contributed by atoms with Crippen molar-refractivity contribution in [3.8, 4) is 0 Å². The van der Waals surface area contributed by atoms with E-state index >= 15 is 0 Å². The maximum atomic E-state index is 12.6. The second-order valence-corrected chi connectivity index (χ2v) is 10.0. The van der Waals surface area contributed by atoms with Crippen LogP contribution >= 0.6 is 0 Å². The van der Waals surface area contributed by atoms with Gasteiger partial charge in [0.15, 0.2) is 23.1 Å². The molecule has 11 unspecified atom stereocenters. The number of ether oxygens (including phenoxy) is 3. The molecule has 2 saturated carbocycles. The maximum Gasteiger partial charge on any atom is 0.338 e. The molecule has 2 spiro atoms. The molecule has 3 aliphatic heterocycles. The molecule has 30 heavy (non-hydrogen) atoms. The molecule has 5 fully saturated rings. The number of hydrogen-bond donors (Lipinski definition) is 5. The van der Waals surface area contributed by atoms with Crippen LogP contribution in [0.3, 0.4) is 0 Å². The molecule has 3 heterocycles. The van der Waals surface area contributed by atoms with Crippen LogP contribution in [0.2, 0.25) is 0 Å². The lowest BCUT2D eigenvalue weighted by molar-refractivity contribution is -0.367. The molecule has 0 aromatic rings. The summed E-state index contributed by atoms with van der Waals surface area (Å²) in [5, 5.41) is 56.8.